The van der Waals surface area contributed by atoms with E-state index in [4.69, 9.17) is 0 Å². The average Bonchev–Trinajstić information content (AvgIpc) is 2.45. The Balaban J connectivity index is 2.49. The molecule has 1 aromatic rings. The Morgan fingerprint density at radius 1 is 0.833 bits per heavy atom. The summed E-state index contributed by atoms with van der Waals surface area (Å²) < 4.78 is 0. The second-order valence-electron chi connectivity index (χ2n) is 6.95. The van der Waals surface area contributed by atoms with Crippen LogP contribution in [0.3, 0.4) is 0 Å². The first-order chi connectivity index (χ1) is 11.3. The third kappa shape index (κ3) is 7.54. The van der Waals surface area contributed by atoms with Gasteiger partial charge in [-0.25, -0.2) is 0 Å². The van der Waals surface area contributed by atoms with Gasteiger partial charge in [0.2, 0.25) is 0 Å². The van der Waals surface area contributed by atoms with Gasteiger partial charge in [-0.05, 0) is 84.4 Å². The van der Waals surface area contributed by atoms with Crippen molar-refractivity contribution in [3.8, 4) is 11.5 Å². The van der Waals surface area contributed by atoms with Gasteiger partial charge in [0, 0.05) is 5.56 Å². The molecule has 2 N–H and O–H groups in total. The van der Waals surface area contributed by atoms with Gasteiger partial charge in [0.25, 0.3) is 0 Å². The van der Waals surface area contributed by atoms with Crippen molar-refractivity contribution in [2.45, 2.75) is 66.7 Å². The van der Waals surface area contributed by atoms with Crippen molar-refractivity contribution in [2.75, 3.05) is 0 Å². The Labute approximate surface area is 147 Å². The lowest BCUT2D eigenvalue weighted by Crippen LogP contribution is -1.88. The summed E-state index contributed by atoms with van der Waals surface area (Å²) in [5.74, 6) is 0.345. The van der Waals surface area contributed by atoms with E-state index in [9.17, 15) is 10.2 Å². The number of rotatable bonds is 8. The van der Waals surface area contributed by atoms with Gasteiger partial charge in [-0.1, -0.05) is 34.9 Å². The van der Waals surface area contributed by atoms with Gasteiger partial charge in [0.15, 0.2) is 0 Å². The van der Waals surface area contributed by atoms with Crippen molar-refractivity contribution in [2.24, 2.45) is 0 Å². The standard InChI is InChI=1S/C22H32O2/c1-16(2)8-6-9-17(3)10-7-11-18(4)12-13-20-21(23)14-19(5)15-22(20)24/h8,10,12,14-15,23-24H,6-7,9,11,13H2,1-5H3. The zero-order chi connectivity index (χ0) is 18.1. The minimum atomic E-state index is 0.173. The Hall–Kier alpha value is -1.96. The quantitative estimate of drug-likeness (QED) is 0.544. The van der Waals surface area contributed by atoms with E-state index < -0.39 is 0 Å². The van der Waals surface area contributed by atoms with Gasteiger partial charge in [-0.2, -0.15) is 0 Å². The van der Waals surface area contributed by atoms with Gasteiger partial charge in [0.1, 0.15) is 11.5 Å². The highest BCUT2D eigenvalue weighted by Crippen LogP contribution is 2.29. The largest absolute Gasteiger partial charge is 0.508 e. The molecule has 0 aliphatic carbocycles. The molecular weight excluding hydrogens is 296 g/mol. The van der Waals surface area contributed by atoms with Crippen LogP contribution in [0, 0.1) is 6.92 Å². The molecule has 0 amide bonds. The first-order valence-electron chi connectivity index (χ1n) is 8.75. The summed E-state index contributed by atoms with van der Waals surface area (Å²) in [6, 6.07) is 3.38. The third-order valence-corrected chi connectivity index (χ3v) is 4.12. The minimum Gasteiger partial charge on any atom is -0.508 e. The van der Waals surface area contributed by atoms with E-state index >= 15 is 0 Å². The Morgan fingerprint density at radius 3 is 1.88 bits per heavy atom. The summed E-state index contributed by atoms with van der Waals surface area (Å²) in [4.78, 5) is 0. The van der Waals surface area contributed by atoms with Crippen LogP contribution in [0.15, 0.2) is 47.1 Å². The molecule has 0 saturated carbocycles. The van der Waals surface area contributed by atoms with Crippen LogP contribution in [0.1, 0.15) is 64.5 Å². The lowest BCUT2D eigenvalue weighted by molar-refractivity contribution is 0.440. The number of hydrogen-bond donors (Lipinski definition) is 2. The van der Waals surface area contributed by atoms with Crippen molar-refractivity contribution in [3.05, 3.63) is 58.2 Å². The number of phenols is 2. The van der Waals surface area contributed by atoms with Crippen molar-refractivity contribution >= 4 is 0 Å². The smallest absolute Gasteiger partial charge is 0.123 e. The lowest BCUT2D eigenvalue weighted by atomic mass is 10.0. The fraction of sp³-hybridized carbons (Fsp3) is 0.455. The van der Waals surface area contributed by atoms with E-state index in [-0.39, 0.29) is 11.5 Å². The maximum atomic E-state index is 9.95. The molecule has 0 atom stereocenters. The summed E-state index contributed by atoms with van der Waals surface area (Å²) >= 11 is 0. The van der Waals surface area contributed by atoms with Gasteiger partial charge < -0.3 is 10.2 Å². The highest BCUT2D eigenvalue weighted by Gasteiger charge is 2.07. The van der Waals surface area contributed by atoms with Gasteiger partial charge >= 0.3 is 0 Å². The van der Waals surface area contributed by atoms with Crippen LogP contribution in [0.5, 0.6) is 11.5 Å². The molecule has 0 aliphatic heterocycles. The summed E-state index contributed by atoms with van der Waals surface area (Å²) in [6.07, 6.45) is 11.5. The van der Waals surface area contributed by atoms with Crippen molar-refractivity contribution < 1.29 is 10.2 Å². The topological polar surface area (TPSA) is 40.5 Å². The zero-order valence-electron chi connectivity index (χ0n) is 15.8. The van der Waals surface area contributed by atoms with Crippen LogP contribution in [0.4, 0.5) is 0 Å². The highest BCUT2D eigenvalue weighted by atomic mass is 16.3. The van der Waals surface area contributed by atoms with Crippen LogP contribution < -0.4 is 0 Å². The molecule has 24 heavy (non-hydrogen) atoms. The second-order valence-corrected chi connectivity index (χ2v) is 6.95. The number of aryl methyl sites for hydroxylation is 1. The Kier molecular flexibility index (Phi) is 8.39. The number of phenolic OH excluding ortho intramolecular Hbond substituents is 2. The van der Waals surface area contributed by atoms with E-state index in [1.54, 1.807) is 12.1 Å². The molecule has 0 spiro atoms. The molecule has 0 aromatic heterocycles. The normalized spacial score (nSPS) is 12.4. The van der Waals surface area contributed by atoms with E-state index in [0.29, 0.717) is 12.0 Å². The van der Waals surface area contributed by atoms with Gasteiger partial charge in [0.05, 0.1) is 0 Å². The summed E-state index contributed by atoms with van der Waals surface area (Å²) in [6.45, 7) is 10.4. The minimum absolute atomic E-state index is 0.173. The molecule has 0 fully saturated rings. The monoisotopic (exact) mass is 328 g/mol. The summed E-state index contributed by atoms with van der Waals surface area (Å²) in [5, 5.41) is 19.9. The first-order valence-corrected chi connectivity index (χ1v) is 8.75. The molecule has 0 aliphatic rings. The molecule has 2 nitrogen and oxygen atoms in total. The van der Waals surface area contributed by atoms with Crippen LogP contribution in [0.25, 0.3) is 0 Å². The SMILES string of the molecule is CC(C)=CCCC(C)=CCCC(C)=CCc1c(O)cc(C)cc1O. The molecule has 2 heteroatoms. The molecule has 0 unspecified atom stereocenters. The van der Waals surface area contributed by atoms with Crippen LogP contribution in [-0.4, -0.2) is 10.2 Å². The number of benzene rings is 1. The fourth-order valence-corrected chi connectivity index (χ4v) is 2.60. The van der Waals surface area contributed by atoms with E-state index in [2.05, 4.69) is 45.9 Å². The van der Waals surface area contributed by atoms with Gasteiger partial charge in [-0.15, -0.1) is 0 Å². The zero-order valence-corrected chi connectivity index (χ0v) is 15.8. The van der Waals surface area contributed by atoms with Crippen molar-refractivity contribution in [1.82, 2.24) is 0 Å². The Bertz CT molecular complexity index is 606. The number of aromatic hydroxyl groups is 2. The summed E-state index contributed by atoms with van der Waals surface area (Å²) in [7, 11) is 0. The van der Waals surface area contributed by atoms with E-state index in [0.717, 1.165) is 31.2 Å². The number of hydrogen-bond acceptors (Lipinski definition) is 2. The molecule has 0 radical (unpaired) electrons. The number of allylic oxidation sites excluding steroid dienone is 6. The predicted octanol–water partition coefficient (Wildman–Crippen LogP) is 6.37. The maximum absolute atomic E-state index is 9.95. The third-order valence-electron chi connectivity index (χ3n) is 4.12. The van der Waals surface area contributed by atoms with Gasteiger partial charge in [-0.3, -0.25) is 0 Å². The van der Waals surface area contributed by atoms with E-state index in [1.807, 2.05) is 6.92 Å². The Morgan fingerprint density at radius 2 is 1.33 bits per heavy atom. The molecule has 1 aromatic carbocycles. The maximum Gasteiger partial charge on any atom is 0.123 e. The molecule has 0 saturated heterocycles. The van der Waals surface area contributed by atoms with Crippen molar-refractivity contribution in [3.63, 3.8) is 0 Å². The molecule has 1 rings (SSSR count). The highest BCUT2D eigenvalue weighted by molar-refractivity contribution is 5.47. The fourth-order valence-electron chi connectivity index (χ4n) is 2.60. The first kappa shape index (κ1) is 20.1. The molecule has 132 valence electrons. The lowest BCUT2D eigenvalue weighted by Gasteiger charge is -2.07. The molecule has 0 bridgehead atoms. The predicted molar refractivity (Wildman–Crippen MR) is 104 cm³/mol. The van der Waals surface area contributed by atoms with Crippen LogP contribution in [0.2, 0.25) is 0 Å². The summed E-state index contributed by atoms with van der Waals surface area (Å²) in [5.41, 5.74) is 5.57. The van der Waals surface area contributed by atoms with Crippen molar-refractivity contribution in [1.29, 1.82) is 0 Å². The second kappa shape index (κ2) is 10.0. The van der Waals surface area contributed by atoms with E-state index in [1.165, 1.54) is 16.7 Å². The molecule has 0 heterocycles. The van der Waals surface area contributed by atoms with Crippen LogP contribution in [-0.2, 0) is 6.42 Å². The van der Waals surface area contributed by atoms with Crippen LogP contribution >= 0.6 is 0 Å². The average molecular weight is 328 g/mol. The molecular formula is C22H32O2.